The van der Waals surface area contributed by atoms with Crippen molar-refractivity contribution in [1.82, 2.24) is 10.3 Å². The number of hydrogen-bond donors (Lipinski definition) is 23. The van der Waals surface area contributed by atoms with Crippen LogP contribution in [-0.4, -0.2) is 481 Å². The van der Waals surface area contributed by atoms with E-state index in [-0.39, 0.29) is 117 Å². The summed E-state index contributed by atoms with van der Waals surface area (Å²) in [6, 6.07) is -0.319. The van der Waals surface area contributed by atoms with Gasteiger partial charge in [-0.2, -0.15) is 23.5 Å². The lowest BCUT2D eigenvalue weighted by Gasteiger charge is -2.50. The third-order valence-corrected chi connectivity index (χ3v) is 31.3. The van der Waals surface area contributed by atoms with Crippen molar-refractivity contribution in [3.63, 3.8) is 0 Å². The van der Waals surface area contributed by atoms with Crippen molar-refractivity contribution in [2.75, 3.05) is 89.0 Å². The summed E-state index contributed by atoms with van der Waals surface area (Å²) < 4.78 is 106. The molecule has 49 nitrogen and oxygen atoms in total. The molecule has 0 spiro atoms. The number of amides is 1. The molecule has 23 saturated heterocycles. The molecule has 16 unspecified atom stereocenters. The number of aliphatic carboxylic acids is 2. The Bertz CT molecular complexity index is 4210. The number of thioether (sulfide) groups is 2. The Labute approximate surface area is 850 Å². The molecule has 1 aromatic rings. The zero-order valence-electron chi connectivity index (χ0n) is 82.5. The Hall–Kier alpha value is -4.52. The molecule has 0 aliphatic carbocycles. The van der Waals surface area contributed by atoms with Crippen molar-refractivity contribution < 1.29 is 226 Å². The van der Waals surface area contributed by atoms with E-state index >= 15 is 0 Å². The minimum Gasteiger partial charge on any atom is -0.481 e. The molecule has 0 aromatic carbocycles. The topological polar surface area (TPSA) is 765 Å². The average Bonchev–Trinajstić information content (AvgIpc) is 1.70. The first-order valence-electron chi connectivity index (χ1n) is 49.3. The molecule has 1 aromatic heterocycles. The van der Waals surface area contributed by atoms with Gasteiger partial charge in [0.1, 0.15) is 170 Å². The minimum atomic E-state index is -2.29. The average molecular weight is 2140 g/mol. The largest absolute Gasteiger partial charge is 0.481 e. The molecule has 832 valence electrons. The summed E-state index contributed by atoms with van der Waals surface area (Å²) in [6.07, 6.45) is -62.7. The van der Waals surface area contributed by atoms with Crippen LogP contribution in [0.25, 0.3) is 6.08 Å². The molecule has 14 bridgehead atoms. The Morgan fingerprint density at radius 2 is 0.952 bits per heavy atom. The van der Waals surface area contributed by atoms with Crippen molar-refractivity contribution in [3.05, 3.63) is 21.7 Å². The number of Topliss-reactive ketones (excluding diaryl/α,β-unsaturated/α-hetero) is 3. The normalized spacial score (nSPS) is 40.9. The number of ether oxygens (including phenoxy) is 18. The third-order valence-electron chi connectivity index (χ3n) is 28.1. The molecule has 0 saturated carbocycles. The lowest BCUT2D eigenvalue weighted by molar-refractivity contribution is -0.394. The van der Waals surface area contributed by atoms with E-state index in [0.29, 0.717) is 19.4 Å². The molecule has 0 radical (unpaired) electrons. The fraction of sp³-hybridized carbons (Fsp3) is 0.871. The number of aliphatic hydroxyl groups excluding tert-OH is 19. The number of esters is 1. The summed E-state index contributed by atoms with van der Waals surface area (Å²) in [5, 5.41) is 243. The number of fused-ring (bicyclic) bond motifs is 1. The number of carbonyl (C=O) groups excluding carboxylic acids is 5. The second-order valence-corrected chi connectivity index (χ2v) is 42.6. The van der Waals surface area contributed by atoms with Gasteiger partial charge >= 0.3 is 17.9 Å². The number of rotatable bonds is 35. The summed E-state index contributed by atoms with van der Waals surface area (Å²) in [4.78, 5) is 93.8. The second-order valence-electron chi connectivity index (χ2n) is 39.4. The van der Waals surface area contributed by atoms with Crippen LogP contribution >= 0.6 is 34.9 Å². The van der Waals surface area contributed by atoms with Crippen molar-refractivity contribution in [2.24, 2.45) is 34.8 Å². The lowest BCUT2D eigenvalue weighted by atomic mass is 9.72. The summed E-state index contributed by atoms with van der Waals surface area (Å²) in [7, 11) is 0. The third kappa shape index (κ3) is 32.3. The van der Waals surface area contributed by atoms with E-state index in [1.54, 1.807) is 39.0 Å². The van der Waals surface area contributed by atoms with Gasteiger partial charge in [0.05, 0.1) is 136 Å². The number of aryl methyl sites for hydroxylation is 1. The predicted octanol–water partition coefficient (Wildman–Crippen LogP) is -5.43. The number of aromatic nitrogens is 1. The van der Waals surface area contributed by atoms with Crippen molar-refractivity contribution in [1.29, 1.82) is 0 Å². The number of thiazole rings is 1. The van der Waals surface area contributed by atoms with Gasteiger partial charge in [0.15, 0.2) is 44.0 Å². The number of nitrogens with one attached hydrogen (secondary N) is 1. The van der Waals surface area contributed by atoms with E-state index in [1.807, 2.05) is 32.2 Å². The van der Waals surface area contributed by atoms with Crippen LogP contribution < -0.4 is 11.1 Å². The van der Waals surface area contributed by atoms with Crippen LogP contribution in [0.4, 0.5) is 0 Å². The maximum absolute atomic E-state index is 13.9. The van der Waals surface area contributed by atoms with Crippen LogP contribution in [0.15, 0.2) is 11.0 Å². The maximum atomic E-state index is 13.9. The Balaban J connectivity index is 0.000000417. The van der Waals surface area contributed by atoms with Gasteiger partial charge in [-0.05, 0) is 97.8 Å². The lowest BCUT2D eigenvalue weighted by Crippen LogP contribution is -2.68. The number of nitrogens with zero attached hydrogens (tertiary/aromatic N) is 1. The molecule has 23 fully saturated rings. The molecule has 1 amide bonds. The van der Waals surface area contributed by atoms with Gasteiger partial charge < -0.3 is 204 Å². The maximum Gasteiger partial charge on any atom is 0.307 e. The molecule has 24 heterocycles. The number of carbonyl (C=O) groups is 7. The number of ketones is 3. The highest BCUT2D eigenvalue weighted by molar-refractivity contribution is 7.99. The molecule has 24 rings (SSSR count). The van der Waals surface area contributed by atoms with E-state index in [2.05, 4.69) is 17.2 Å². The van der Waals surface area contributed by atoms with Crippen LogP contribution in [0.1, 0.15) is 156 Å². The van der Waals surface area contributed by atoms with Crippen LogP contribution in [0.2, 0.25) is 0 Å². The molecular weight excluding hydrogens is 1990 g/mol. The van der Waals surface area contributed by atoms with Gasteiger partial charge in [-0.15, -0.1) is 11.3 Å². The van der Waals surface area contributed by atoms with E-state index in [1.165, 1.54) is 6.92 Å². The number of carboxylic acids is 2. The quantitative estimate of drug-likeness (QED) is 0.0171. The summed E-state index contributed by atoms with van der Waals surface area (Å²) in [6.45, 7) is 11.7. The van der Waals surface area contributed by atoms with E-state index in [9.17, 15) is 141 Å². The smallest absolute Gasteiger partial charge is 0.307 e. The number of aliphatic hydroxyl groups is 19. The van der Waals surface area contributed by atoms with Crippen molar-refractivity contribution >= 4 is 82.1 Å². The Morgan fingerprint density at radius 1 is 0.531 bits per heavy atom. The highest BCUT2D eigenvalue weighted by Gasteiger charge is 2.61. The fourth-order valence-electron chi connectivity index (χ4n) is 18.9. The monoisotopic (exact) mass is 2140 g/mol. The van der Waals surface area contributed by atoms with E-state index < -0.39 is 320 Å². The first-order chi connectivity index (χ1) is 68.8. The first kappa shape index (κ1) is 122. The minimum absolute atomic E-state index is 0.0193. The number of hydrogen-bond acceptors (Lipinski definition) is 49. The van der Waals surface area contributed by atoms with Crippen molar-refractivity contribution in [2.45, 2.75) is 391 Å². The molecule has 43 atom stereocenters. The molecule has 145 heavy (non-hydrogen) atoms. The molecule has 23 aliphatic heterocycles. The highest BCUT2D eigenvalue weighted by Crippen LogP contribution is 2.47. The van der Waals surface area contributed by atoms with E-state index in [0.717, 1.165) is 71.9 Å². The van der Waals surface area contributed by atoms with Crippen molar-refractivity contribution in [3.8, 4) is 0 Å². The summed E-state index contributed by atoms with van der Waals surface area (Å²) in [5.41, 5.74) is 5.88. The standard InChI is InChI=1S/C60H98O40S2.C33H53N3O6S/c1-3-22(53(81)82)17-101-19-31-46-25(68)11-33(87-31)94-47-26(12-61)88-56(40(75)34(47)69)96-49-28(14-63)90-57(42(77)36(49)71)98-50-29(15-64)92-59(44(79)38(50)73)100-52-32(20-102-18-23(54(83)84)10-24(67)5-7-86-9-8-85-6-4-21(2)66)93-60(45(80)39(52)74)99-51-30(16-65)91-58(43(78)37(51)72)97-48-27(13-62)89-55(95-46)41(76)35(48)70;1-20-12-11-14-33(7)27(42-33)17-25(21(2)16-24-19-43-23(4)35-24)36-28(37)18-26(41-29(38)13-9-8-10-15-34)32(5,6)31(40)22(3)30(20)39/h22-23,25-52,55-65,68-80H,3-20H2,1-2H3,(H,81,82)(H,83,84);16,19-20,22,25-27,30,39H,8-15,17-18,34H2,1-7H3,(H,36,37)/b;21-16+/t22?,23?,25-,26?,27?,28?,29?,30?,31?,32?,33-,34-,35-,36-,37-,38-,39-,40?,41?,42?,43?,44?,45?,46+,47-,48-,49-,50-,51-,52?,55-,56-,57-,58-,59-,60-;20-,22+,25-,26-,27-,30-,33+/m10/s1. The van der Waals surface area contributed by atoms with Gasteiger partial charge in [-0.3, -0.25) is 33.6 Å². The van der Waals surface area contributed by atoms with Crippen LogP contribution in [0, 0.1) is 36.0 Å². The molecule has 24 N–H and O–H groups in total. The van der Waals surface area contributed by atoms with E-state index in [4.69, 9.17) is 91.0 Å². The van der Waals surface area contributed by atoms with Gasteiger partial charge in [0, 0.05) is 72.8 Å². The van der Waals surface area contributed by atoms with Gasteiger partial charge in [-0.1, -0.05) is 33.6 Å². The Kier molecular flexibility index (Phi) is 48.1. The van der Waals surface area contributed by atoms with Gasteiger partial charge in [0.2, 0.25) is 5.91 Å². The van der Waals surface area contributed by atoms with Gasteiger partial charge in [0.25, 0.3) is 0 Å². The number of unbranched alkanes of at least 4 members (excludes halogenated alkanes) is 2. The first-order valence-corrected chi connectivity index (χ1v) is 52.5. The zero-order valence-corrected chi connectivity index (χ0v) is 85.0. The highest BCUT2D eigenvalue weighted by atomic mass is 32.2. The molecular formula is C93H151N3O46S3. The summed E-state index contributed by atoms with van der Waals surface area (Å²) >= 11 is 3.39. The second kappa shape index (κ2) is 57.1. The summed E-state index contributed by atoms with van der Waals surface area (Å²) in [5.74, 6) is -8.19. The predicted molar refractivity (Wildman–Crippen MR) is 501 cm³/mol. The van der Waals surface area contributed by atoms with Crippen LogP contribution in [0.5, 0.6) is 0 Å². The van der Waals surface area contributed by atoms with Crippen LogP contribution in [-0.2, 0) is 119 Å². The number of carboxylic acid groups (broad SMARTS) is 2. The molecule has 23 aliphatic rings. The zero-order chi connectivity index (χ0) is 106. The van der Waals surface area contributed by atoms with Gasteiger partial charge in [-0.25, -0.2) is 4.98 Å². The number of epoxide rings is 1. The SMILES string of the molecule is C/C(=C\c1csc(C)n1)[C@@H]1C[C@@H]2O[C@]2(C)CCC[C@H](C)[C@H](O)[C@@H](C)C(=O)C(C)(C)[C@@H](OC(=O)CCCCCN)CC(=O)N1.CCC(CSCC1O[C@H]2C[C@@H](O)[C@@H]1O[C@H]1OC(CO)[C@@H](O[C@H]3OC(CO)[C@@H](O[C@H]4OC(CSCC(CC(=O)CCOCCOCCC(C)=O)C(=O)O)C(O[C@H]5OC(CO)[C@@H](O[C@H]6OC(CO)[C@@H](O[C@H]7OC(CO)[C@@H](O2)[C@H](O)C7O)[C@H](O)C6O)[C@H](O)C5O)[C@H](O)C4O)[C@H](O)C3O)[C@H](O)C1O)C(=O)O. The fourth-order valence-corrected chi connectivity index (χ4v) is 22.0. The Morgan fingerprint density at radius 3 is 1.37 bits per heavy atom. The molecule has 52 heteroatoms. The van der Waals surface area contributed by atoms with Crippen LogP contribution in [0.3, 0.4) is 0 Å². The number of nitrogens with two attached hydrogens (primary N) is 1.